The predicted octanol–water partition coefficient (Wildman–Crippen LogP) is 4.39. The molecule has 0 aliphatic carbocycles. The number of hydrogen-bond donors (Lipinski definition) is 1. The largest absolute Gasteiger partial charge is 0.462 e. The van der Waals surface area contributed by atoms with Crippen LogP contribution in [-0.4, -0.2) is 45.9 Å². The molecule has 1 fully saturated rings. The molecule has 3 heterocycles. The van der Waals surface area contributed by atoms with Gasteiger partial charge in [-0.1, -0.05) is 30.3 Å². The number of carbonyl (C=O) groups excluding carboxylic acids is 1. The van der Waals surface area contributed by atoms with Gasteiger partial charge in [0.05, 0.1) is 12.2 Å². The molecular weight excluding hydrogens is 432 g/mol. The number of aromatic nitrogens is 4. The molecule has 5 rings (SSSR count). The second-order valence-corrected chi connectivity index (χ2v) is 8.35. The summed E-state index contributed by atoms with van der Waals surface area (Å²) in [6, 6.07) is 17.7. The molecule has 174 valence electrons. The van der Waals surface area contributed by atoms with Gasteiger partial charge in [0.15, 0.2) is 11.6 Å². The van der Waals surface area contributed by atoms with Gasteiger partial charge in [0.1, 0.15) is 0 Å². The van der Waals surface area contributed by atoms with E-state index in [1.54, 1.807) is 19.1 Å². The summed E-state index contributed by atoms with van der Waals surface area (Å²) in [6.45, 7) is 3.87. The molecule has 1 aliphatic rings. The number of esters is 1. The topological polar surface area (TPSA) is 106 Å². The Balaban J connectivity index is 1.33. The summed E-state index contributed by atoms with van der Waals surface area (Å²) >= 11 is 0. The van der Waals surface area contributed by atoms with Crippen molar-refractivity contribution in [2.45, 2.75) is 26.2 Å². The molecule has 0 spiro atoms. The molecule has 0 saturated carbocycles. The van der Waals surface area contributed by atoms with Crippen molar-refractivity contribution in [3.63, 3.8) is 0 Å². The van der Waals surface area contributed by atoms with Gasteiger partial charge in [-0.2, -0.15) is 0 Å². The highest BCUT2D eigenvalue weighted by Gasteiger charge is 2.24. The number of rotatable bonds is 7. The molecule has 9 nitrogen and oxygen atoms in total. The molecule has 2 aromatic heterocycles. The third-order valence-electron chi connectivity index (χ3n) is 6.04. The van der Waals surface area contributed by atoms with Gasteiger partial charge in [-0.05, 0) is 72.2 Å². The molecule has 0 radical (unpaired) electrons. The van der Waals surface area contributed by atoms with Gasteiger partial charge in [0.2, 0.25) is 11.3 Å². The van der Waals surface area contributed by atoms with Crippen LogP contribution in [0.2, 0.25) is 0 Å². The molecule has 9 heteroatoms. The van der Waals surface area contributed by atoms with Gasteiger partial charge in [-0.3, -0.25) is 0 Å². The average Bonchev–Trinajstić information content (AvgIpc) is 3.33. The Morgan fingerprint density at radius 2 is 1.74 bits per heavy atom. The SMILES string of the molecule is CCOC(=O)c1ccc(Nc2nc3nonc3nc2N2CCC(Cc3ccccc3)CC2)cc1. The first-order valence-electron chi connectivity index (χ1n) is 11.5. The van der Waals surface area contributed by atoms with E-state index in [0.29, 0.717) is 35.2 Å². The number of ether oxygens (including phenoxy) is 1. The number of hydrogen-bond acceptors (Lipinski definition) is 9. The third kappa shape index (κ3) is 4.83. The predicted molar refractivity (Wildman–Crippen MR) is 128 cm³/mol. The van der Waals surface area contributed by atoms with Crippen LogP contribution in [0.1, 0.15) is 35.7 Å². The van der Waals surface area contributed by atoms with Crippen molar-refractivity contribution in [3.8, 4) is 0 Å². The highest BCUT2D eigenvalue weighted by Crippen LogP contribution is 2.31. The number of fused-ring (bicyclic) bond motifs is 1. The minimum atomic E-state index is -0.344. The summed E-state index contributed by atoms with van der Waals surface area (Å²) in [4.78, 5) is 23.5. The van der Waals surface area contributed by atoms with Crippen molar-refractivity contribution < 1.29 is 14.2 Å². The maximum absolute atomic E-state index is 11.9. The van der Waals surface area contributed by atoms with Crippen LogP contribution in [0.5, 0.6) is 0 Å². The Kier molecular flexibility index (Phi) is 6.33. The minimum absolute atomic E-state index is 0.339. The summed E-state index contributed by atoms with van der Waals surface area (Å²) in [5, 5.41) is 11.0. The molecule has 0 atom stereocenters. The number of nitrogens with one attached hydrogen (secondary N) is 1. The van der Waals surface area contributed by atoms with Crippen molar-refractivity contribution in [1.29, 1.82) is 0 Å². The van der Waals surface area contributed by atoms with E-state index in [1.165, 1.54) is 5.56 Å². The van der Waals surface area contributed by atoms with Crippen LogP contribution in [0.25, 0.3) is 11.3 Å². The van der Waals surface area contributed by atoms with Crippen LogP contribution in [0.3, 0.4) is 0 Å². The molecule has 1 saturated heterocycles. The lowest BCUT2D eigenvalue weighted by Gasteiger charge is -2.33. The van der Waals surface area contributed by atoms with Gasteiger partial charge in [0, 0.05) is 18.8 Å². The number of anilines is 3. The van der Waals surface area contributed by atoms with Gasteiger partial charge >= 0.3 is 5.97 Å². The first kappa shape index (κ1) is 21.8. The monoisotopic (exact) mass is 458 g/mol. The van der Waals surface area contributed by atoms with E-state index in [9.17, 15) is 4.79 Å². The fraction of sp³-hybridized carbons (Fsp3) is 0.320. The van der Waals surface area contributed by atoms with Gasteiger partial charge in [-0.25, -0.2) is 19.4 Å². The summed E-state index contributed by atoms with van der Waals surface area (Å²) < 4.78 is 9.89. The maximum Gasteiger partial charge on any atom is 0.338 e. The third-order valence-corrected chi connectivity index (χ3v) is 6.04. The lowest BCUT2D eigenvalue weighted by molar-refractivity contribution is 0.0526. The van der Waals surface area contributed by atoms with E-state index in [1.807, 2.05) is 12.1 Å². The zero-order valence-corrected chi connectivity index (χ0v) is 19.0. The van der Waals surface area contributed by atoms with Crippen molar-refractivity contribution in [3.05, 3.63) is 65.7 Å². The highest BCUT2D eigenvalue weighted by atomic mass is 16.6. The van der Waals surface area contributed by atoms with Crippen LogP contribution < -0.4 is 10.2 Å². The normalized spacial score (nSPS) is 14.3. The van der Waals surface area contributed by atoms with E-state index < -0.39 is 0 Å². The van der Waals surface area contributed by atoms with Crippen LogP contribution in [0, 0.1) is 5.92 Å². The molecule has 2 aromatic carbocycles. The van der Waals surface area contributed by atoms with Crippen molar-refractivity contribution in [1.82, 2.24) is 20.3 Å². The van der Waals surface area contributed by atoms with E-state index in [0.717, 1.165) is 43.9 Å². The summed E-state index contributed by atoms with van der Waals surface area (Å²) in [6.07, 6.45) is 3.23. The van der Waals surface area contributed by atoms with Crippen LogP contribution in [-0.2, 0) is 11.2 Å². The Morgan fingerprint density at radius 3 is 2.44 bits per heavy atom. The maximum atomic E-state index is 11.9. The standard InChI is InChI=1S/C25H26N6O3/c1-2-33-25(32)19-8-10-20(11-9-19)26-23-24(28-22-21(27-23)29-34-30-22)31-14-12-18(13-15-31)16-17-6-4-3-5-7-17/h3-11,18H,2,12-16H2,1H3,(H,26,27,29). The number of nitrogens with zero attached hydrogens (tertiary/aromatic N) is 5. The van der Waals surface area contributed by atoms with E-state index in [2.05, 4.69) is 55.8 Å². The molecule has 34 heavy (non-hydrogen) atoms. The zero-order chi connectivity index (χ0) is 23.3. The Morgan fingerprint density at radius 1 is 1.03 bits per heavy atom. The Bertz CT molecular complexity index is 1250. The highest BCUT2D eigenvalue weighted by molar-refractivity contribution is 5.90. The number of carbonyl (C=O) groups is 1. The van der Waals surface area contributed by atoms with Gasteiger partial charge in [0.25, 0.3) is 0 Å². The second kappa shape index (κ2) is 9.86. The minimum Gasteiger partial charge on any atom is -0.462 e. The van der Waals surface area contributed by atoms with E-state index >= 15 is 0 Å². The smallest absolute Gasteiger partial charge is 0.338 e. The Hall–Kier alpha value is -4.01. The first-order chi connectivity index (χ1) is 16.7. The van der Waals surface area contributed by atoms with Gasteiger partial charge in [-0.15, -0.1) is 0 Å². The first-order valence-corrected chi connectivity index (χ1v) is 11.5. The molecule has 0 bridgehead atoms. The van der Waals surface area contributed by atoms with E-state index in [4.69, 9.17) is 14.3 Å². The van der Waals surface area contributed by atoms with Gasteiger partial charge < -0.3 is 15.0 Å². The summed E-state index contributed by atoms with van der Waals surface area (Å²) in [5.41, 5.74) is 3.37. The number of benzene rings is 2. The molecular formula is C25H26N6O3. The summed E-state index contributed by atoms with van der Waals surface area (Å²) in [5.74, 6) is 1.59. The molecule has 0 unspecified atom stereocenters. The molecule has 0 amide bonds. The lowest BCUT2D eigenvalue weighted by atomic mass is 9.90. The van der Waals surface area contributed by atoms with Crippen molar-refractivity contribution in [2.75, 3.05) is 29.9 Å². The Labute approximate surface area is 197 Å². The number of piperidine rings is 1. The molecule has 1 aliphatic heterocycles. The average molecular weight is 459 g/mol. The van der Waals surface area contributed by atoms with Crippen LogP contribution in [0.15, 0.2) is 59.2 Å². The second-order valence-electron chi connectivity index (χ2n) is 8.35. The van der Waals surface area contributed by atoms with E-state index in [-0.39, 0.29) is 5.97 Å². The van der Waals surface area contributed by atoms with Crippen LogP contribution >= 0.6 is 0 Å². The van der Waals surface area contributed by atoms with Crippen molar-refractivity contribution >= 4 is 34.6 Å². The van der Waals surface area contributed by atoms with Crippen LogP contribution in [0.4, 0.5) is 17.3 Å². The zero-order valence-electron chi connectivity index (χ0n) is 19.0. The fourth-order valence-electron chi connectivity index (χ4n) is 4.27. The quantitative estimate of drug-likeness (QED) is 0.403. The fourth-order valence-corrected chi connectivity index (χ4v) is 4.27. The summed E-state index contributed by atoms with van der Waals surface area (Å²) in [7, 11) is 0. The molecule has 1 N–H and O–H groups in total. The van der Waals surface area contributed by atoms with Crippen molar-refractivity contribution in [2.24, 2.45) is 5.92 Å². The molecule has 4 aromatic rings. The lowest BCUT2D eigenvalue weighted by Crippen LogP contribution is -2.35.